The molecule has 0 saturated heterocycles. The van der Waals surface area contributed by atoms with Crippen LogP contribution in [0.2, 0.25) is 0 Å². The van der Waals surface area contributed by atoms with Crippen molar-refractivity contribution in [3.63, 3.8) is 0 Å². The van der Waals surface area contributed by atoms with Crippen LogP contribution < -0.4 is 5.32 Å². The van der Waals surface area contributed by atoms with Gasteiger partial charge in [0.25, 0.3) is 0 Å². The van der Waals surface area contributed by atoms with Gasteiger partial charge in [0.05, 0.1) is 17.3 Å². The molecule has 1 atom stereocenters. The van der Waals surface area contributed by atoms with Gasteiger partial charge in [0.2, 0.25) is 0 Å². The SMILES string of the molecule is Cc1nc(NC(C)c2nc(C(F)(F)F)cs2)ccc1C(=O)O. The maximum atomic E-state index is 12.5. The molecule has 22 heavy (non-hydrogen) atoms. The van der Waals surface area contributed by atoms with Gasteiger partial charge in [-0.25, -0.2) is 14.8 Å². The van der Waals surface area contributed by atoms with E-state index in [-0.39, 0.29) is 10.6 Å². The number of hydrogen-bond donors (Lipinski definition) is 2. The number of nitrogens with zero attached hydrogens (tertiary/aromatic N) is 2. The van der Waals surface area contributed by atoms with Crippen LogP contribution in [0.25, 0.3) is 0 Å². The van der Waals surface area contributed by atoms with Crippen LogP contribution >= 0.6 is 11.3 Å². The Morgan fingerprint density at radius 2 is 2.05 bits per heavy atom. The van der Waals surface area contributed by atoms with Gasteiger partial charge in [0.1, 0.15) is 10.8 Å². The van der Waals surface area contributed by atoms with Crippen molar-refractivity contribution < 1.29 is 23.1 Å². The summed E-state index contributed by atoms with van der Waals surface area (Å²) in [5.41, 5.74) is -0.529. The van der Waals surface area contributed by atoms with E-state index in [1.54, 1.807) is 13.8 Å². The average molecular weight is 331 g/mol. The third-order valence-corrected chi connectivity index (χ3v) is 3.89. The predicted molar refractivity (Wildman–Crippen MR) is 75.1 cm³/mol. The lowest BCUT2D eigenvalue weighted by molar-refractivity contribution is -0.140. The van der Waals surface area contributed by atoms with Gasteiger partial charge in [-0.15, -0.1) is 11.3 Å². The molecule has 0 fully saturated rings. The summed E-state index contributed by atoms with van der Waals surface area (Å²) in [7, 11) is 0. The van der Waals surface area contributed by atoms with Crippen LogP contribution in [0, 0.1) is 6.92 Å². The highest BCUT2D eigenvalue weighted by atomic mass is 32.1. The number of pyridine rings is 1. The van der Waals surface area contributed by atoms with Crippen molar-refractivity contribution in [3.8, 4) is 0 Å². The number of carbonyl (C=O) groups is 1. The highest BCUT2D eigenvalue weighted by Gasteiger charge is 2.34. The van der Waals surface area contributed by atoms with Gasteiger partial charge in [-0.05, 0) is 26.0 Å². The molecule has 0 aliphatic carbocycles. The van der Waals surface area contributed by atoms with E-state index in [9.17, 15) is 18.0 Å². The lowest BCUT2D eigenvalue weighted by Gasteiger charge is -2.13. The Morgan fingerprint density at radius 1 is 1.36 bits per heavy atom. The fourth-order valence-electron chi connectivity index (χ4n) is 1.77. The van der Waals surface area contributed by atoms with E-state index in [1.807, 2.05) is 0 Å². The predicted octanol–water partition coefficient (Wildman–Crippen LogP) is 3.74. The standard InChI is InChI=1S/C13H12F3N3O2S/c1-6-8(12(20)21)3-4-10(17-6)18-7(2)11-19-9(5-22-11)13(14,15)16/h3-5,7H,1-2H3,(H,17,18)(H,20,21). The van der Waals surface area contributed by atoms with Crippen LogP contribution in [-0.2, 0) is 6.18 Å². The maximum Gasteiger partial charge on any atom is 0.434 e. The first-order valence-electron chi connectivity index (χ1n) is 6.18. The molecular formula is C13H12F3N3O2S. The lowest BCUT2D eigenvalue weighted by atomic mass is 10.2. The molecule has 0 radical (unpaired) electrons. The first kappa shape index (κ1) is 16.2. The van der Waals surface area contributed by atoms with Crippen LogP contribution in [0.4, 0.5) is 19.0 Å². The summed E-state index contributed by atoms with van der Waals surface area (Å²) in [6, 6.07) is 2.37. The number of aromatic carboxylic acids is 1. The quantitative estimate of drug-likeness (QED) is 0.893. The third kappa shape index (κ3) is 3.53. The van der Waals surface area contributed by atoms with Gasteiger partial charge < -0.3 is 10.4 Å². The molecule has 2 N–H and O–H groups in total. The van der Waals surface area contributed by atoms with Crippen molar-refractivity contribution in [1.29, 1.82) is 0 Å². The van der Waals surface area contributed by atoms with Gasteiger partial charge in [0.15, 0.2) is 5.69 Å². The number of aryl methyl sites for hydroxylation is 1. The smallest absolute Gasteiger partial charge is 0.434 e. The number of rotatable bonds is 4. The van der Waals surface area contributed by atoms with E-state index in [0.29, 0.717) is 11.5 Å². The minimum absolute atomic E-state index is 0.0757. The Bertz CT molecular complexity index is 700. The molecule has 2 rings (SSSR count). The molecule has 0 saturated carbocycles. The molecule has 9 heteroatoms. The number of carboxylic acid groups (broad SMARTS) is 1. The van der Waals surface area contributed by atoms with E-state index >= 15 is 0 Å². The summed E-state index contributed by atoms with van der Waals surface area (Å²) in [5, 5.41) is 13.1. The molecule has 0 aromatic carbocycles. The Balaban J connectivity index is 2.15. The molecule has 0 bridgehead atoms. The highest BCUT2D eigenvalue weighted by Crippen LogP contribution is 2.32. The van der Waals surface area contributed by atoms with Crippen molar-refractivity contribution in [2.24, 2.45) is 0 Å². The van der Waals surface area contributed by atoms with Crippen molar-refractivity contribution in [2.75, 3.05) is 5.32 Å². The van der Waals surface area contributed by atoms with Gasteiger partial charge in [-0.1, -0.05) is 0 Å². The molecule has 0 aliphatic rings. The zero-order valence-corrected chi connectivity index (χ0v) is 12.4. The Labute approximate surface area is 127 Å². The summed E-state index contributed by atoms with van der Waals surface area (Å²) < 4.78 is 37.6. The molecule has 0 spiro atoms. The molecule has 2 heterocycles. The van der Waals surface area contributed by atoms with Gasteiger partial charge in [0, 0.05) is 5.38 Å². The summed E-state index contributed by atoms with van der Waals surface area (Å²) in [5.74, 6) is -0.710. The Morgan fingerprint density at radius 3 is 2.55 bits per heavy atom. The van der Waals surface area contributed by atoms with E-state index in [2.05, 4.69) is 15.3 Å². The van der Waals surface area contributed by atoms with Crippen molar-refractivity contribution in [3.05, 3.63) is 39.5 Å². The lowest BCUT2D eigenvalue weighted by Crippen LogP contribution is -2.11. The minimum atomic E-state index is -4.47. The molecule has 0 aliphatic heterocycles. The van der Waals surface area contributed by atoms with Crippen molar-refractivity contribution in [1.82, 2.24) is 9.97 Å². The summed E-state index contributed by atoms with van der Waals surface area (Å²) >= 11 is 0.901. The fraction of sp³-hybridized carbons (Fsp3) is 0.308. The second kappa shape index (κ2) is 5.91. The second-order valence-corrected chi connectivity index (χ2v) is 5.46. The third-order valence-electron chi connectivity index (χ3n) is 2.86. The van der Waals surface area contributed by atoms with Gasteiger partial charge in [-0.3, -0.25) is 0 Å². The van der Waals surface area contributed by atoms with E-state index in [1.165, 1.54) is 12.1 Å². The van der Waals surface area contributed by atoms with E-state index in [0.717, 1.165) is 16.7 Å². The topological polar surface area (TPSA) is 75.1 Å². The number of hydrogen-bond acceptors (Lipinski definition) is 5. The summed E-state index contributed by atoms with van der Waals surface area (Å²) in [6.07, 6.45) is -4.47. The minimum Gasteiger partial charge on any atom is -0.478 e. The van der Waals surface area contributed by atoms with Crippen LogP contribution in [0.15, 0.2) is 17.5 Å². The number of nitrogens with one attached hydrogen (secondary N) is 1. The van der Waals surface area contributed by atoms with Crippen LogP contribution in [0.1, 0.15) is 39.7 Å². The first-order chi connectivity index (χ1) is 10.2. The Kier molecular flexibility index (Phi) is 4.36. The number of thiazole rings is 1. The van der Waals surface area contributed by atoms with E-state index < -0.39 is 23.9 Å². The molecule has 0 amide bonds. The molecular weight excluding hydrogens is 319 g/mol. The monoisotopic (exact) mass is 331 g/mol. The summed E-state index contributed by atoms with van der Waals surface area (Å²) in [4.78, 5) is 18.5. The van der Waals surface area contributed by atoms with Crippen molar-refractivity contribution in [2.45, 2.75) is 26.1 Å². The zero-order valence-electron chi connectivity index (χ0n) is 11.6. The molecule has 1 unspecified atom stereocenters. The van der Waals surface area contributed by atoms with Crippen LogP contribution in [0.3, 0.4) is 0 Å². The van der Waals surface area contributed by atoms with Gasteiger partial charge >= 0.3 is 12.1 Å². The summed E-state index contributed by atoms with van der Waals surface area (Å²) in [6.45, 7) is 3.20. The second-order valence-electron chi connectivity index (χ2n) is 4.57. The first-order valence-corrected chi connectivity index (χ1v) is 7.06. The normalized spacial score (nSPS) is 13.0. The number of carboxylic acids is 1. The van der Waals surface area contributed by atoms with Crippen LogP contribution in [-0.4, -0.2) is 21.0 Å². The molecule has 2 aromatic heterocycles. The molecule has 5 nitrogen and oxygen atoms in total. The Hall–Kier alpha value is -2.16. The zero-order chi connectivity index (χ0) is 16.5. The number of alkyl halides is 3. The average Bonchev–Trinajstić information content (AvgIpc) is 2.87. The maximum absolute atomic E-state index is 12.5. The van der Waals surface area contributed by atoms with Crippen LogP contribution in [0.5, 0.6) is 0 Å². The van der Waals surface area contributed by atoms with Gasteiger partial charge in [-0.2, -0.15) is 13.2 Å². The number of anilines is 1. The highest BCUT2D eigenvalue weighted by molar-refractivity contribution is 7.09. The number of halogens is 3. The fourth-order valence-corrected chi connectivity index (χ4v) is 2.60. The molecule has 118 valence electrons. The largest absolute Gasteiger partial charge is 0.478 e. The number of aromatic nitrogens is 2. The molecule has 2 aromatic rings. The van der Waals surface area contributed by atoms with E-state index in [4.69, 9.17) is 5.11 Å². The van der Waals surface area contributed by atoms with Crippen molar-refractivity contribution >= 4 is 23.1 Å².